The number of aliphatic hydroxyl groups excluding tert-OH is 1. The van der Waals surface area contributed by atoms with Crippen molar-refractivity contribution in [2.75, 3.05) is 25.6 Å². The molecule has 0 bridgehead atoms. The Morgan fingerprint density at radius 2 is 2.53 bits per heavy atom. The van der Waals surface area contributed by atoms with Crippen molar-refractivity contribution in [3.63, 3.8) is 0 Å². The van der Waals surface area contributed by atoms with Crippen molar-refractivity contribution in [1.82, 2.24) is 9.97 Å². The van der Waals surface area contributed by atoms with Crippen LogP contribution in [0.5, 0.6) is 0 Å². The number of ether oxygens (including phenoxy) is 1. The van der Waals surface area contributed by atoms with Gasteiger partial charge >= 0.3 is 0 Å². The minimum atomic E-state index is -0.291. The summed E-state index contributed by atoms with van der Waals surface area (Å²) in [6.45, 7) is 0.228. The zero-order valence-corrected chi connectivity index (χ0v) is 9.74. The van der Waals surface area contributed by atoms with Gasteiger partial charge in [-0.25, -0.2) is 4.98 Å². The summed E-state index contributed by atoms with van der Waals surface area (Å²) in [4.78, 5) is 17.5. The molecule has 3 N–H and O–H groups in total. The van der Waals surface area contributed by atoms with Gasteiger partial charge in [-0.3, -0.25) is 4.79 Å². The molecule has 0 aliphatic rings. The van der Waals surface area contributed by atoms with Crippen LogP contribution < -0.4 is 10.9 Å². The summed E-state index contributed by atoms with van der Waals surface area (Å²) in [7, 11) is 1.53. The standard InChI is InChI=1S/C8H12BrN3O3/c1-15-3-5(2-13)12-7-6(9)8(14)11-4-10-7/h4-5,13H,2-3H2,1H3,(H2,10,11,12,14). The lowest BCUT2D eigenvalue weighted by atomic mass is 10.3. The zero-order chi connectivity index (χ0) is 11.3. The summed E-state index contributed by atoms with van der Waals surface area (Å²) in [5.41, 5.74) is -0.276. The monoisotopic (exact) mass is 277 g/mol. The van der Waals surface area contributed by atoms with E-state index in [0.29, 0.717) is 16.9 Å². The molecular formula is C8H12BrN3O3. The fraction of sp³-hybridized carbons (Fsp3) is 0.500. The third kappa shape index (κ3) is 3.29. The molecule has 0 spiro atoms. The molecule has 1 heterocycles. The first-order chi connectivity index (χ1) is 7.19. The van der Waals surface area contributed by atoms with Crippen LogP contribution in [0.15, 0.2) is 15.6 Å². The van der Waals surface area contributed by atoms with Gasteiger partial charge in [0.15, 0.2) is 0 Å². The van der Waals surface area contributed by atoms with Gasteiger partial charge in [-0.05, 0) is 15.9 Å². The molecule has 6 nitrogen and oxygen atoms in total. The van der Waals surface area contributed by atoms with Gasteiger partial charge in [0.25, 0.3) is 5.56 Å². The molecule has 1 unspecified atom stereocenters. The predicted octanol–water partition coefficient (Wildman–Crippen LogP) is -0.0484. The van der Waals surface area contributed by atoms with Gasteiger partial charge in [-0.2, -0.15) is 0 Å². The van der Waals surface area contributed by atoms with Crippen molar-refractivity contribution >= 4 is 21.7 Å². The van der Waals surface area contributed by atoms with Crippen molar-refractivity contribution in [3.05, 3.63) is 21.2 Å². The fourth-order valence-corrected chi connectivity index (χ4v) is 1.35. The van der Waals surface area contributed by atoms with Gasteiger partial charge in [0, 0.05) is 7.11 Å². The molecule has 0 aromatic carbocycles. The first kappa shape index (κ1) is 12.2. The van der Waals surface area contributed by atoms with E-state index >= 15 is 0 Å². The fourth-order valence-electron chi connectivity index (χ4n) is 1.02. The highest BCUT2D eigenvalue weighted by atomic mass is 79.9. The summed E-state index contributed by atoms with van der Waals surface area (Å²) in [5.74, 6) is 0.384. The first-order valence-electron chi connectivity index (χ1n) is 4.28. The Morgan fingerprint density at radius 3 is 3.13 bits per heavy atom. The molecule has 0 amide bonds. The molecule has 15 heavy (non-hydrogen) atoms. The minimum Gasteiger partial charge on any atom is -0.394 e. The maximum atomic E-state index is 11.2. The molecule has 0 saturated heterocycles. The summed E-state index contributed by atoms with van der Waals surface area (Å²) in [6.07, 6.45) is 1.29. The number of aromatic nitrogens is 2. The van der Waals surface area contributed by atoms with E-state index in [1.165, 1.54) is 13.4 Å². The predicted molar refractivity (Wildman–Crippen MR) is 58.9 cm³/mol. The number of anilines is 1. The highest BCUT2D eigenvalue weighted by molar-refractivity contribution is 9.10. The molecule has 0 radical (unpaired) electrons. The van der Waals surface area contributed by atoms with Crippen molar-refractivity contribution in [3.8, 4) is 0 Å². The molecular weight excluding hydrogens is 266 g/mol. The van der Waals surface area contributed by atoms with Gasteiger partial charge in [0.2, 0.25) is 0 Å². The number of H-pyrrole nitrogens is 1. The second kappa shape index (κ2) is 5.84. The molecule has 7 heteroatoms. The Balaban J connectivity index is 2.79. The average molecular weight is 278 g/mol. The van der Waals surface area contributed by atoms with Gasteiger partial charge < -0.3 is 20.1 Å². The highest BCUT2D eigenvalue weighted by Gasteiger charge is 2.11. The molecule has 0 saturated carbocycles. The maximum Gasteiger partial charge on any atom is 0.267 e. The van der Waals surface area contributed by atoms with E-state index < -0.39 is 0 Å². The summed E-state index contributed by atoms with van der Waals surface area (Å²) in [6, 6.07) is -0.291. The Kier molecular flexibility index (Phi) is 4.73. The number of aliphatic hydroxyl groups is 1. The summed E-state index contributed by atoms with van der Waals surface area (Å²) in [5, 5.41) is 11.9. The first-order valence-corrected chi connectivity index (χ1v) is 5.07. The van der Waals surface area contributed by atoms with E-state index in [-0.39, 0.29) is 18.2 Å². The summed E-state index contributed by atoms with van der Waals surface area (Å²) >= 11 is 3.10. The van der Waals surface area contributed by atoms with E-state index in [0.717, 1.165) is 0 Å². The number of halogens is 1. The quantitative estimate of drug-likeness (QED) is 0.703. The van der Waals surface area contributed by atoms with Crippen molar-refractivity contribution in [2.45, 2.75) is 6.04 Å². The number of hydrogen-bond acceptors (Lipinski definition) is 5. The van der Waals surface area contributed by atoms with E-state index in [2.05, 4.69) is 31.2 Å². The zero-order valence-electron chi connectivity index (χ0n) is 8.16. The lowest BCUT2D eigenvalue weighted by Gasteiger charge is -2.15. The van der Waals surface area contributed by atoms with Gasteiger partial charge in [0.05, 0.1) is 25.6 Å². The number of methoxy groups -OCH3 is 1. The van der Waals surface area contributed by atoms with Gasteiger partial charge in [0.1, 0.15) is 10.3 Å². The lowest BCUT2D eigenvalue weighted by Crippen LogP contribution is -2.30. The van der Waals surface area contributed by atoms with Crippen LogP contribution in [0.4, 0.5) is 5.82 Å². The van der Waals surface area contributed by atoms with Crippen molar-refractivity contribution < 1.29 is 9.84 Å². The van der Waals surface area contributed by atoms with Crippen LogP contribution in [0, 0.1) is 0 Å². The van der Waals surface area contributed by atoms with E-state index in [1.807, 2.05) is 0 Å². The molecule has 0 aliphatic heterocycles. The lowest BCUT2D eigenvalue weighted by molar-refractivity contribution is 0.153. The van der Waals surface area contributed by atoms with Crippen LogP contribution in [0.3, 0.4) is 0 Å². The Labute approximate surface area is 94.8 Å². The van der Waals surface area contributed by atoms with Crippen molar-refractivity contribution in [1.29, 1.82) is 0 Å². The van der Waals surface area contributed by atoms with E-state index in [9.17, 15) is 4.79 Å². The number of aromatic amines is 1. The normalized spacial score (nSPS) is 12.5. The van der Waals surface area contributed by atoms with Crippen LogP contribution in [0.2, 0.25) is 0 Å². The SMILES string of the molecule is COCC(CO)Nc1nc[nH]c(=O)c1Br. The molecule has 1 rings (SSSR count). The average Bonchev–Trinajstić information content (AvgIpc) is 2.24. The van der Waals surface area contributed by atoms with Crippen LogP contribution in [0.1, 0.15) is 0 Å². The van der Waals surface area contributed by atoms with Crippen LogP contribution >= 0.6 is 15.9 Å². The smallest absolute Gasteiger partial charge is 0.267 e. The van der Waals surface area contributed by atoms with Crippen LogP contribution in [-0.4, -0.2) is 41.4 Å². The van der Waals surface area contributed by atoms with E-state index in [4.69, 9.17) is 9.84 Å². The number of nitrogens with zero attached hydrogens (tertiary/aromatic N) is 1. The largest absolute Gasteiger partial charge is 0.394 e. The Hall–Kier alpha value is -0.920. The summed E-state index contributed by atoms with van der Waals surface area (Å²) < 4.78 is 5.19. The molecule has 1 aromatic heterocycles. The third-order valence-electron chi connectivity index (χ3n) is 1.73. The number of nitrogens with one attached hydrogen (secondary N) is 2. The second-order valence-electron chi connectivity index (χ2n) is 2.87. The van der Waals surface area contributed by atoms with Crippen LogP contribution in [0.25, 0.3) is 0 Å². The molecule has 84 valence electrons. The van der Waals surface area contributed by atoms with Crippen LogP contribution in [-0.2, 0) is 4.74 Å². The Bertz CT molecular complexity index is 368. The molecule has 0 aliphatic carbocycles. The third-order valence-corrected chi connectivity index (χ3v) is 2.46. The maximum absolute atomic E-state index is 11.2. The number of hydrogen-bond donors (Lipinski definition) is 3. The molecule has 0 fully saturated rings. The van der Waals surface area contributed by atoms with Crippen molar-refractivity contribution in [2.24, 2.45) is 0 Å². The number of rotatable bonds is 5. The van der Waals surface area contributed by atoms with E-state index in [1.54, 1.807) is 0 Å². The van der Waals surface area contributed by atoms with Gasteiger partial charge in [-0.15, -0.1) is 0 Å². The minimum absolute atomic E-state index is 0.102. The Morgan fingerprint density at radius 1 is 1.80 bits per heavy atom. The second-order valence-corrected chi connectivity index (χ2v) is 3.67. The molecule has 1 atom stereocenters. The highest BCUT2D eigenvalue weighted by Crippen LogP contribution is 2.14. The topological polar surface area (TPSA) is 87.2 Å². The molecule has 1 aromatic rings. The van der Waals surface area contributed by atoms with Gasteiger partial charge in [-0.1, -0.05) is 0 Å².